The van der Waals surface area contributed by atoms with Gasteiger partial charge in [0, 0.05) is 41.5 Å². The van der Waals surface area contributed by atoms with Crippen molar-refractivity contribution < 1.29 is 0 Å². The molecule has 0 N–H and O–H groups in total. The van der Waals surface area contributed by atoms with Gasteiger partial charge in [0.05, 0.1) is 16.7 Å². The van der Waals surface area contributed by atoms with Gasteiger partial charge in [0.2, 0.25) is 0 Å². The van der Waals surface area contributed by atoms with E-state index in [9.17, 15) is 0 Å². The highest BCUT2D eigenvalue weighted by molar-refractivity contribution is 5.91. The second kappa shape index (κ2) is 5.88. The van der Waals surface area contributed by atoms with Gasteiger partial charge in [-0.3, -0.25) is 4.98 Å². The summed E-state index contributed by atoms with van der Waals surface area (Å²) in [6.07, 6.45) is 7.34. The normalized spacial score (nSPS) is 11.6. The molecule has 0 saturated heterocycles. The van der Waals surface area contributed by atoms with E-state index in [1.54, 1.807) is 0 Å². The molecule has 0 spiro atoms. The SMILES string of the molecule is Cc1c(CCc2ncc3ccccc3n2)nc2c3cccnc3ccn12. The molecule has 0 atom stereocenters. The Bertz CT molecular complexity index is 1260. The molecule has 26 heavy (non-hydrogen) atoms. The van der Waals surface area contributed by atoms with Crippen LogP contribution >= 0.6 is 0 Å². The van der Waals surface area contributed by atoms with Crippen LogP contribution in [0.15, 0.2) is 61.1 Å². The fourth-order valence-electron chi connectivity index (χ4n) is 3.42. The monoisotopic (exact) mass is 339 g/mol. The van der Waals surface area contributed by atoms with Crippen LogP contribution in [-0.4, -0.2) is 24.3 Å². The van der Waals surface area contributed by atoms with Crippen molar-refractivity contribution in [1.82, 2.24) is 24.3 Å². The van der Waals surface area contributed by atoms with Gasteiger partial charge in [-0.2, -0.15) is 0 Å². The van der Waals surface area contributed by atoms with Crippen molar-refractivity contribution in [2.75, 3.05) is 0 Å². The van der Waals surface area contributed by atoms with Crippen LogP contribution in [0.25, 0.3) is 27.5 Å². The second-order valence-corrected chi connectivity index (χ2v) is 6.43. The first-order valence-electron chi connectivity index (χ1n) is 8.71. The molecule has 5 aromatic rings. The zero-order valence-electron chi connectivity index (χ0n) is 14.4. The lowest BCUT2D eigenvalue weighted by Gasteiger charge is -2.02. The van der Waals surface area contributed by atoms with E-state index in [0.29, 0.717) is 0 Å². The average Bonchev–Trinajstić information content (AvgIpc) is 3.02. The van der Waals surface area contributed by atoms with Crippen LogP contribution < -0.4 is 0 Å². The number of nitrogens with zero attached hydrogens (tertiary/aromatic N) is 5. The molecular formula is C21H17N5. The summed E-state index contributed by atoms with van der Waals surface area (Å²) in [5.41, 5.74) is 5.16. The standard InChI is InChI=1S/C21H17N5/c1-14-17(8-9-20-23-13-15-5-2-3-7-18(15)24-20)25-21-16-6-4-11-22-19(16)10-12-26(14)21/h2-7,10-13H,8-9H2,1H3. The molecular weight excluding hydrogens is 322 g/mol. The van der Waals surface area contributed by atoms with Crippen LogP contribution in [0.5, 0.6) is 0 Å². The summed E-state index contributed by atoms with van der Waals surface area (Å²) in [6.45, 7) is 2.11. The lowest BCUT2D eigenvalue weighted by Crippen LogP contribution is -2.00. The molecule has 1 aromatic carbocycles. The second-order valence-electron chi connectivity index (χ2n) is 6.43. The van der Waals surface area contributed by atoms with Crippen molar-refractivity contribution in [3.8, 4) is 0 Å². The fraction of sp³-hybridized carbons (Fsp3) is 0.143. The number of benzene rings is 1. The Hall–Kier alpha value is -3.34. The molecule has 5 heteroatoms. The number of pyridine rings is 2. The van der Waals surface area contributed by atoms with Crippen molar-refractivity contribution in [3.05, 3.63) is 78.3 Å². The topological polar surface area (TPSA) is 56.0 Å². The van der Waals surface area contributed by atoms with Gasteiger partial charge >= 0.3 is 0 Å². The van der Waals surface area contributed by atoms with Crippen LogP contribution in [0.1, 0.15) is 17.2 Å². The van der Waals surface area contributed by atoms with E-state index in [-0.39, 0.29) is 0 Å². The molecule has 4 heterocycles. The highest BCUT2D eigenvalue weighted by Gasteiger charge is 2.12. The highest BCUT2D eigenvalue weighted by Crippen LogP contribution is 2.21. The van der Waals surface area contributed by atoms with Gasteiger partial charge in [-0.15, -0.1) is 0 Å². The summed E-state index contributed by atoms with van der Waals surface area (Å²) < 4.78 is 2.14. The molecule has 0 aliphatic rings. The summed E-state index contributed by atoms with van der Waals surface area (Å²) >= 11 is 0. The van der Waals surface area contributed by atoms with Crippen molar-refractivity contribution in [1.29, 1.82) is 0 Å². The molecule has 4 aromatic heterocycles. The summed E-state index contributed by atoms with van der Waals surface area (Å²) in [5.74, 6) is 0.853. The maximum Gasteiger partial charge on any atom is 0.146 e. The van der Waals surface area contributed by atoms with Crippen molar-refractivity contribution in [2.24, 2.45) is 0 Å². The van der Waals surface area contributed by atoms with E-state index in [1.165, 1.54) is 0 Å². The van der Waals surface area contributed by atoms with Gasteiger partial charge in [-0.25, -0.2) is 15.0 Å². The molecule has 126 valence electrons. The van der Waals surface area contributed by atoms with Crippen molar-refractivity contribution >= 4 is 27.5 Å². The number of fused-ring (bicyclic) bond motifs is 4. The number of imidazole rings is 1. The maximum absolute atomic E-state index is 4.89. The molecule has 0 aliphatic carbocycles. The van der Waals surface area contributed by atoms with Crippen LogP contribution in [0.4, 0.5) is 0 Å². The van der Waals surface area contributed by atoms with Crippen molar-refractivity contribution in [3.63, 3.8) is 0 Å². The number of hydrogen-bond donors (Lipinski definition) is 0. The van der Waals surface area contributed by atoms with Crippen LogP contribution in [-0.2, 0) is 12.8 Å². The third kappa shape index (κ3) is 2.40. The molecule has 0 aliphatic heterocycles. The number of hydrogen-bond acceptors (Lipinski definition) is 4. The molecule has 0 radical (unpaired) electrons. The third-order valence-corrected chi connectivity index (χ3v) is 4.83. The molecule has 5 nitrogen and oxygen atoms in total. The summed E-state index contributed by atoms with van der Waals surface area (Å²) in [7, 11) is 0. The molecule has 5 rings (SSSR count). The van der Waals surface area contributed by atoms with Gasteiger partial charge in [-0.05, 0) is 37.6 Å². The van der Waals surface area contributed by atoms with Gasteiger partial charge < -0.3 is 4.40 Å². The number of aryl methyl sites for hydroxylation is 3. The smallest absolute Gasteiger partial charge is 0.146 e. The first-order valence-corrected chi connectivity index (χ1v) is 8.71. The maximum atomic E-state index is 4.89. The third-order valence-electron chi connectivity index (χ3n) is 4.83. The van der Waals surface area contributed by atoms with E-state index >= 15 is 0 Å². The summed E-state index contributed by atoms with van der Waals surface area (Å²) in [6, 6.07) is 14.1. The van der Waals surface area contributed by atoms with Gasteiger partial charge in [-0.1, -0.05) is 18.2 Å². The number of para-hydroxylation sites is 1. The zero-order chi connectivity index (χ0) is 17.5. The van der Waals surface area contributed by atoms with Crippen LogP contribution in [0, 0.1) is 6.92 Å². The molecule has 0 fully saturated rings. The first kappa shape index (κ1) is 15.0. The van der Waals surface area contributed by atoms with Gasteiger partial charge in [0.15, 0.2) is 0 Å². The van der Waals surface area contributed by atoms with E-state index in [0.717, 1.165) is 57.5 Å². The van der Waals surface area contributed by atoms with Crippen LogP contribution in [0.2, 0.25) is 0 Å². The highest BCUT2D eigenvalue weighted by atomic mass is 15.0. The van der Waals surface area contributed by atoms with E-state index in [2.05, 4.69) is 32.3 Å². The van der Waals surface area contributed by atoms with E-state index < -0.39 is 0 Å². The predicted octanol–water partition coefficient (Wildman–Crippen LogP) is 3.92. The molecule has 0 amide bonds. The number of rotatable bonds is 3. The Labute approximate surface area is 150 Å². The Morgan fingerprint density at radius 1 is 0.885 bits per heavy atom. The summed E-state index contributed by atoms with van der Waals surface area (Å²) in [5, 5.41) is 2.14. The zero-order valence-corrected chi connectivity index (χ0v) is 14.4. The Morgan fingerprint density at radius 2 is 1.81 bits per heavy atom. The van der Waals surface area contributed by atoms with Gasteiger partial charge in [0.1, 0.15) is 11.5 Å². The first-order chi connectivity index (χ1) is 12.8. The fourth-order valence-corrected chi connectivity index (χ4v) is 3.42. The number of aromatic nitrogens is 5. The Kier molecular flexibility index (Phi) is 3.38. The lowest BCUT2D eigenvalue weighted by atomic mass is 10.2. The van der Waals surface area contributed by atoms with Crippen LogP contribution in [0.3, 0.4) is 0 Å². The molecule has 0 saturated carbocycles. The molecule has 0 unspecified atom stereocenters. The van der Waals surface area contributed by atoms with Crippen molar-refractivity contribution in [2.45, 2.75) is 19.8 Å². The molecule has 0 bridgehead atoms. The summed E-state index contributed by atoms with van der Waals surface area (Å²) in [4.78, 5) is 18.5. The quantitative estimate of drug-likeness (QED) is 0.500. The van der Waals surface area contributed by atoms with E-state index in [4.69, 9.17) is 4.98 Å². The van der Waals surface area contributed by atoms with Gasteiger partial charge in [0.25, 0.3) is 0 Å². The Morgan fingerprint density at radius 3 is 2.77 bits per heavy atom. The minimum Gasteiger partial charge on any atom is -0.303 e. The van der Waals surface area contributed by atoms with E-state index in [1.807, 2.05) is 55.0 Å². The predicted molar refractivity (Wildman–Crippen MR) is 102 cm³/mol. The average molecular weight is 339 g/mol. The largest absolute Gasteiger partial charge is 0.303 e. The minimum atomic E-state index is 0.770. The minimum absolute atomic E-state index is 0.770. The Balaban J connectivity index is 1.50. The lowest BCUT2D eigenvalue weighted by molar-refractivity contribution is 0.844.